The molecule has 0 radical (unpaired) electrons. The quantitative estimate of drug-likeness (QED) is 0.639. The molecule has 0 aliphatic heterocycles. The lowest BCUT2D eigenvalue weighted by Crippen LogP contribution is -2.36. The zero-order valence-corrected chi connectivity index (χ0v) is 11.6. The predicted molar refractivity (Wildman–Crippen MR) is 70.6 cm³/mol. The molecule has 0 aliphatic rings. The standard InChI is InChI=1S/C9H16N4O3S2/c1-16-5-4-13(3-2-8(10)17)18(14,15)9-6-11-7-12-9/h6-7H,2-5H2,1H3,(H2,10,17)(H,11,12). The molecular weight excluding hydrogens is 276 g/mol. The molecule has 0 spiro atoms. The molecular formula is C9H16N4O3S2. The van der Waals surface area contributed by atoms with Crippen molar-refractivity contribution in [2.45, 2.75) is 11.4 Å². The summed E-state index contributed by atoms with van der Waals surface area (Å²) in [6.45, 7) is 0.755. The zero-order chi connectivity index (χ0) is 13.6. The van der Waals surface area contributed by atoms with Crippen LogP contribution in [0.2, 0.25) is 0 Å². The molecule has 102 valence electrons. The van der Waals surface area contributed by atoms with E-state index in [-0.39, 0.29) is 23.1 Å². The minimum Gasteiger partial charge on any atom is -0.393 e. The average molecular weight is 292 g/mol. The van der Waals surface area contributed by atoms with Crippen LogP contribution in [0.4, 0.5) is 0 Å². The molecule has 0 bridgehead atoms. The SMILES string of the molecule is COCCN(CCC(N)=S)S(=O)(=O)c1cnc[nH]1. The number of nitrogens with zero attached hydrogens (tertiary/aromatic N) is 2. The number of aromatic amines is 1. The molecule has 7 nitrogen and oxygen atoms in total. The van der Waals surface area contributed by atoms with E-state index in [9.17, 15) is 8.42 Å². The van der Waals surface area contributed by atoms with Gasteiger partial charge in [0.25, 0.3) is 10.0 Å². The van der Waals surface area contributed by atoms with Crippen molar-refractivity contribution in [2.75, 3.05) is 26.8 Å². The van der Waals surface area contributed by atoms with E-state index in [1.54, 1.807) is 0 Å². The minimum atomic E-state index is -3.61. The highest BCUT2D eigenvalue weighted by Gasteiger charge is 2.25. The van der Waals surface area contributed by atoms with Gasteiger partial charge in [-0.2, -0.15) is 4.31 Å². The Labute approximate surface area is 111 Å². The van der Waals surface area contributed by atoms with Gasteiger partial charge in [0.15, 0.2) is 5.03 Å². The second kappa shape index (κ2) is 6.78. The van der Waals surface area contributed by atoms with Gasteiger partial charge in [-0.25, -0.2) is 13.4 Å². The Morgan fingerprint density at radius 1 is 1.61 bits per heavy atom. The number of nitrogens with one attached hydrogen (secondary N) is 1. The van der Waals surface area contributed by atoms with Crippen LogP contribution in [0.15, 0.2) is 17.6 Å². The Morgan fingerprint density at radius 2 is 2.33 bits per heavy atom. The molecule has 0 saturated heterocycles. The largest absolute Gasteiger partial charge is 0.393 e. The number of methoxy groups -OCH3 is 1. The fourth-order valence-corrected chi connectivity index (χ4v) is 2.72. The van der Waals surface area contributed by atoms with Crippen molar-refractivity contribution in [2.24, 2.45) is 5.73 Å². The number of nitrogens with two attached hydrogens (primary N) is 1. The number of sulfonamides is 1. The number of thiocarbonyl (C=S) groups is 1. The van der Waals surface area contributed by atoms with Crippen LogP contribution < -0.4 is 5.73 Å². The maximum absolute atomic E-state index is 12.2. The molecule has 0 unspecified atom stereocenters. The maximum Gasteiger partial charge on any atom is 0.260 e. The van der Waals surface area contributed by atoms with E-state index in [2.05, 4.69) is 9.97 Å². The van der Waals surface area contributed by atoms with E-state index >= 15 is 0 Å². The lowest BCUT2D eigenvalue weighted by molar-refractivity contribution is 0.179. The Hall–Kier alpha value is -1.03. The molecule has 9 heteroatoms. The van der Waals surface area contributed by atoms with E-state index in [1.165, 1.54) is 23.9 Å². The van der Waals surface area contributed by atoms with Crippen LogP contribution in [0.1, 0.15) is 6.42 Å². The minimum absolute atomic E-state index is 0.0431. The monoisotopic (exact) mass is 292 g/mol. The van der Waals surface area contributed by atoms with Crippen molar-refractivity contribution >= 4 is 27.2 Å². The van der Waals surface area contributed by atoms with E-state index in [0.29, 0.717) is 13.0 Å². The highest BCUT2D eigenvalue weighted by molar-refractivity contribution is 7.89. The lowest BCUT2D eigenvalue weighted by atomic mass is 10.4. The zero-order valence-electron chi connectivity index (χ0n) is 10.00. The van der Waals surface area contributed by atoms with Crippen LogP contribution >= 0.6 is 12.2 Å². The van der Waals surface area contributed by atoms with Gasteiger partial charge in [-0.1, -0.05) is 12.2 Å². The van der Waals surface area contributed by atoms with Gasteiger partial charge in [0.1, 0.15) is 0 Å². The summed E-state index contributed by atoms with van der Waals surface area (Å²) in [7, 11) is -2.10. The molecule has 0 aromatic carbocycles. The fraction of sp³-hybridized carbons (Fsp3) is 0.556. The van der Waals surface area contributed by atoms with Gasteiger partial charge in [-0.3, -0.25) is 0 Å². The highest BCUT2D eigenvalue weighted by atomic mass is 32.2. The van der Waals surface area contributed by atoms with Crippen molar-refractivity contribution in [3.8, 4) is 0 Å². The van der Waals surface area contributed by atoms with Gasteiger partial charge in [0.2, 0.25) is 0 Å². The van der Waals surface area contributed by atoms with Gasteiger partial charge in [-0.15, -0.1) is 0 Å². The first-order chi connectivity index (χ1) is 8.48. The molecule has 0 fully saturated rings. The predicted octanol–water partition coefficient (Wildman–Crippen LogP) is -0.277. The summed E-state index contributed by atoms with van der Waals surface area (Å²) in [5, 5.41) is 0.0431. The summed E-state index contributed by atoms with van der Waals surface area (Å²) in [5.74, 6) is 0. The number of hydrogen-bond acceptors (Lipinski definition) is 5. The van der Waals surface area contributed by atoms with Crippen LogP contribution in [-0.2, 0) is 14.8 Å². The fourth-order valence-electron chi connectivity index (χ4n) is 1.30. The second-order valence-corrected chi connectivity index (χ2v) is 5.96. The summed E-state index contributed by atoms with van der Waals surface area (Å²) in [5.41, 5.74) is 5.39. The van der Waals surface area contributed by atoms with Gasteiger partial charge < -0.3 is 15.5 Å². The van der Waals surface area contributed by atoms with Crippen molar-refractivity contribution in [3.63, 3.8) is 0 Å². The summed E-state index contributed by atoms with van der Waals surface area (Å²) >= 11 is 4.75. The van der Waals surface area contributed by atoms with Crippen molar-refractivity contribution < 1.29 is 13.2 Å². The summed E-state index contributed by atoms with van der Waals surface area (Å²) in [6, 6.07) is 0. The van der Waals surface area contributed by atoms with E-state index in [1.807, 2.05) is 0 Å². The summed E-state index contributed by atoms with van der Waals surface area (Å²) < 4.78 is 30.6. The molecule has 18 heavy (non-hydrogen) atoms. The Bertz CT molecular complexity index is 472. The van der Waals surface area contributed by atoms with E-state index < -0.39 is 10.0 Å². The number of hydrogen-bond donors (Lipinski definition) is 2. The summed E-state index contributed by atoms with van der Waals surface area (Å²) in [6.07, 6.45) is 2.90. The third-order valence-electron chi connectivity index (χ3n) is 2.24. The van der Waals surface area contributed by atoms with Gasteiger partial charge in [0.05, 0.1) is 24.1 Å². The third-order valence-corrected chi connectivity index (χ3v) is 4.27. The van der Waals surface area contributed by atoms with E-state index in [0.717, 1.165) is 0 Å². The molecule has 1 heterocycles. The Balaban J connectivity index is 2.84. The second-order valence-electron chi connectivity index (χ2n) is 3.53. The average Bonchev–Trinajstić information content (AvgIpc) is 2.82. The number of H-pyrrole nitrogens is 1. The van der Waals surface area contributed by atoms with Crippen molar-refractivity contribution in [3.05, 3.63) is 12.5 Å². The molecule has 0 atom stereocenters. The highest BCUT2D eigenvalue weighted by Crippen LogP contribution is 2.12. The van der Waals surface area contributed by atoms with Crippen LogP contribution in [0.3, 0.4) is 0 Å². The molecule has 0 amide bonds. The normalized spacial score (nSPS) is 11.9. The number of ether oxygens (including phenoxy) is 1. The first kappa shape index (κ1) is 15.0. The number of rotatable bonds is 8. The maximum atomic E-state index is 12.2. The molecule has 3 N–H and O–H groups in total. The number of imidazole rings is 1. The van der Waals surface area contributed by atoms with E-state index in [4.69, 9.17) is 22.7 Å². The van der Waals surface area contributed by atoms with Crippen LogP contribution in [0.5, 0.6) is 0 Å². The molecule has 0 saturated carbocycles. The third kappa shape index (κ3) is 4.02. The first-order valence-electron chi connectivity index (χ1n) is 5.24. The van der Waals surface area contributed by atoms with Crippen LogP contribution in [0, 0.1) is 0 Å². The summed E-state index contributed by atoms with van der Waals surface area (Å²) in [4.78, 5) is 6.55. The van der Waals surface area contributed by atoms with Crippen LogP contribution in [0.25, 0.3) is 0 Å². The number of aromatic nitrogens is 2. The van der Waals surface area contributed by atoms with Gasteiger partial charge >= 0.3 is 0 Å². The lowest BCUT2D eigenvalue weighted by Gasteiger charge is -2.20. The van der Waals surface area contributed by atoms with Crippen molar-refractivity contribution in [1.82, 2.24) is 14.3 Å². The topological polar surface area (TPSA) is 101 Å². The van der Waals surface area contributed by atoms with Gasteiger partial charge in [-0.05, 0) is 0 Å². The first-order valence-corrected chi connectivity index (χ1v) is 7.09. The Kier molecular flexibility index (Phi) is 5.66. The molecule has 1 aromatic rings. The molecule has 0 aliphatic carbocycles. The molecule has 1 rings (SSSR count). The van der Waals surface area contributed by atoms with Crippen LogP contribution in [-0.4, -0.2) is 54.5 Å². The molecule has 1 aromatic heterocycles. The van der Waals surface area contributed by atoms with Gasteiger partial charge in [0, 0.05) is 26.6 Å². The van der Waals surface area contributed by atoms with Crippen molar-refractivity contribution in [1.29, 1.82) is 0 Å². The Morgan fingerprint density at radius 3 is 2.83 bits per heavy atom. The smallest absolute Gasteiger partial charge is 0.260 e.